The van der Waals surface area contributed by atoms with E-state index in [9.17, 15) is 4.79 Å². The van der Waals surface area contributed by atoms with Gasteiger partial charge in [-0.2, -0.15) is 11.8 Å². The molecule has 1 heterocycles. The van der Waals surface area contributed by atoms with Crippen molar-refractivity contribution in [2.24, 2.45) is 0 Å². The first-order valence-corrected chi connectivity index (χ1v) is 8.44. The van der Waals surface area contributed by atoms with Crippen molar-refractivity contribution in [1.29, 1.82) is 0 Å². The van der Waals surface area contributed by atoms with Crippen LogP contribution in [0.5, 0.6) is 11.6 Å². The van der Waals surface area contributed by atoms with E-state index in [4.69, 9.17) is 4.74 Å². The van der Waals surface area contributed by atoms with Crippen LogP contribution in [-0.4, -0.2) is 22.9 Å². The Labute approximate surface area is 135 Å². The summed E-state index contributed by atoms with van der Waals surface area (Å²) in [7, 11) is 0. The first kappa shape index (κ1) is 16.4. The van der Waals surface area contributed by atoms with Gasteiger partial charge < -0.3 is 10.1 Å². The average molecular weight is 316 g/mol. The Bertz CT molecular complexity index is 639. The van der Waals surface area contributed by atoms with Crippen molar-refractivity contribution >= 4 is 17.7 Å². The van der Waals surface area contributed by atoms with Gasteiger partial charge >= 0.3 is 0 Å². The fourth-order valence-electron chi connectivity index (χ4n) is 2.08. The number of rotatable bonds is 6. The highest BCUT2D eigenvalue weighted by molar-refractivity contribution is 7.99. The normalized spacial score (nSPS) is 10.3. The first-order chi connectivity index (χ1) is 10.6. The molecule has 1 aromatic heterocycles. The number of carbonyl (C=O) groups excluding carboxylic acids is 1. The highest BCUT2D eigenvalue weighted by atomic mass is 32.2. The van der Waals surface area contributed by atoms with E-state index in [1.165, 1.54) is 11.8 Å². The molecule has 0 aliphatic heterocycles. The standard InChI is InChI=1S/C17H20N2O2S/c1-12-6-4-7-13(2)16(12)21-17-14(8-5-9-18-17)10-19-15(20)11-22-3/h4-9H,10-11H2,1-3H3,(H,19,20). The molecular formula is C17H20N2O2S. The van der Waals surface area contributed by atoms with Gasteiger partial charge in [0.1, 0.15) is 5.75 Å². The van der Waals surface area contributed by atoms with Gasteiger partial charge in [-0.1, -0.05) is 24.3 Å². The molecule has 2 rings (SSSR count). The van der Waals surface area contributed by atoms with Crippen LogP contribution >= 0.6 is 11.8 Å². The molecule has 22 heavy (non-hydrogen) atoms. The highest BCUT2D eigenvalue weighted by Crippen LogP contribution is 2.29. The smallest absolute Gasteiger partial charge is 0.230 e. The van der Waals surface area contributed by atoms with E-state index in [0.717, 1.165) is 22.4 Å². The van der Waals surface area contributed by atoms with Crippen molar-refractivity contribution in [3.63, 3.8) is 0 Å². The van der Waals surface area contributed by atoms with Gasteiger partial charge in [0, 0.05) is 18.3 Å². The number of nitrogens with one attached hydrogen (secondary N) is 1. The second-order valence-electron chi connectivity index (χ2n) is 5.00. The Hall–Kier alpha value is -2.01. The average Bonchev–Trinajstić information content (AvgIpc) is 2.50. The van der Waals surface area contributed by atoms with Crippen LogP contribution in [0.1, 0.15) is 16.7 Å². The van der Waals surface area contributed by atoms with Gasteiger partial charge in [0.2, 0.25) is 11.8 Å². The summed E-state index contributed by atoms with van der Waals surface area (Å²) in [6.07, 6.45) is 3.59. The van der Waals surface area contributed by atoms with Gasteiger partial charge in [-0.15, -0.1) is 0 Å². The molecule has 0 unspecified atom stereocenters. The van der Waals surface area contributed by atoms with Crippen LogP contribution in [0.4, 0.5) is 0 Å². The number of para-hydroxylation sites is 1. The van der Waals surface area contributed by atoms with E-state index in [1.54, 1.807) is 6.20 Å². The van der Waals surface area contributed by atoms with Crippen LogP contribution < -0.4 is 10.1 Å². The summed E-state index contributed by atoms with van der Waals surface area (Å²) in [5, 5.41) is 2.88. The lowest BCUT2D eigenvalue weighted by Gasteiger charge is -2.14. The molecule has 0 atom stereocenters. The van der Waals surface area contributed by atoms with Crippen molar-refractivity contribution in [2.75, 3.05) is 12.0 Å². The minimum atomic E-state index is 0.00868. The van der Waals surface area contributed by atoms with E-state index < -0.39 is 0 Å². The number of hydrogen-bond donors (Lipinski definition) is 1. The van der Waals surface area contributed by atoms with Crippen molar-refractivity contribution in [1.82, 2.24) is 10.3 Å². The summed E-state index contributed by atoms with van der Waals surface area (Å²) in [4.78, 5) is 15.9. The van der Waals surface area contributed by atoms with Crippen LogP contribution in [0, 0.1) is 13.8 Å². The second kappa shape index (κ2) is 7.84. The van der Waals surface area contributed by atoms with E-state index in [0.29, 0.717) is 18.2 Å². The summed E-state index contributed by atoms with van der Waals surface area (Å²) in [6, 6.07) is 9.76. The number of aromatic nitrogens is 1. The lowest BCUT2D eigenvalue weighted by Crippen LogP contribution is -2.24. The van der Waals surface area contributed by atoms with E-state index >= 15 is 0 Å². The van der Waals surface area contributed by atoms with Gasteiger partial charge in [0.15, 0.2) is 0 Å². The maximum Gasteiger partial charge on any atom is 0.230 e. The van der Waals surface area contributed by atoms with Crippen molar-refractivity contribution in [3.8, 4) is 11.6 Å². The molecule has 1 aromatic carbocycles. The summed E-state index contributed by atoms with van der Waals surface area (Å²) in [6.45, 7) is 4.42. The highest BCUT2D eigenvalue weighted by Gasteiger charge is 2.10. The molecular weight excluding hydrogens is 296 g/mol. The van der Waals surface area contributed by atoms with Gasteiger partial charge in [-0.3, -0.25) is 4.79 Å². The van der Waals surface area contributed by atoms with Crippen LogP contribution in [0.25, 0.3) is 0 Å². The molecule has 0 fully saturated rings. The first-order valence-electron chi connectivity index (χ1n) is 7.05. The molecule has 0 radical (unpaired) electrons. The molecule has 0 saturated carbocycles. The van der Waals surface area contributed by atoms with Crippen LogP contribution in [0.3, 0.4) is 0 Å². The van der Waals surface area contributed by atoms with Gasteiger partial charge in [-0.05, 0) is 37.3 Å². The summed E-state index contributed by atoms with van der Waals surface area (Å²) in [5.41, 5.74) is 2.98. The van der Waals surface area contributed by atoms with Crippen molar-refractivity contribution in [3.05, 3.63) is 53.2 Å². The number of ether oxygens (including phenoxy) is 1. The van der Waals surface area contributed by atoms with E-state index in [1.807, 2.05) is 50.4 Å². The number of hydrogen-bond acceptors (Lipinski definition) is 4. The summed E-state index contributed by atoms with van der Waals surface area (Å²) in [5.74, 6) is 1.81. The lowest BCUT2D eigenvalue weighted by molar-refractivity contribution is -0.118. The number of carbonyl (C=O) groups is 1. The van der Waals surface area contributed by atoms with E-state index in [-0.39, 0.29) is 5.91 Å². The van der Waals surface area contributed by atoms with Crippen LogP contribution in [-0.2, 0) is 11.3 Å². The fourth-order valence-corrected chi connectivity index (χ4v) is 2.45. The third-order valence-electron chi connectivity index (χ3n) is 3.21. The minimum absolute atomic E-state index is 0.00868. The Morgan fingerprint density at radius 1 is 1.23 bits per heavy atom. The number of nitrogens with zero attached hydrogens (tertiary/aromatic N) is 1. The number of aryl methyl sites for hydroxylation is 2. The van der Waals surface area contributed by atoms with Gasteiger partial charge in [0.25, 0.3) is 0 Å². The second-order valence-corrected chi connectivity index (χ2v) is 5.87. The quantitative estimate of drug-likeness (QED) is 0.886. The number of amides is 1. The third kappa shape index (κ3) is 4.24. The maximum atomic E-state index is 11.6. The fraction of sp³-hybridized carbons (Fsp3) is 0.294. The zero-order chi connectivity index (χ0) is 15.9. The molecule has 0 saturated heterocycles. The molecule has 0 bridgehead atoms. The molecule has 2 aromatic rings. The molecule has 1 amide bonds. The molecule has 0 spiro atoms. The molecule has 116 valence electrons. The Balaban J connectivity index is 2.16. The molecule has 0 aliphatic carbocycles. The summed E-state index contributed by atoms with van der Waals surface area (Å²) >= 11 is 1.50. The Morgan fingerprint density at radius 2 is 1.95 bits per heavy atom. The predicted octanol–water partition coefficient (Wildman–Crippen LogP) is 3.47. The third-order valence-corrected chi connectivity index (χ3v) is 3.76. The Morgan fingerprint density at radius 3 is 2.64 bits per heavy atom. The molecule has 5 heteroatoms. The lowest BCUT2D eigenvalue weighted by atomic mass is 10.1. The monoisotopic (exact) mass is 316 g/mol. The molecule has 0 aliphatic rings. The SMILES string of the molecule is CSCC(=O)NCc1cccnc1Oc1c(C)cccc1C. The zero-order valence-electron chi connectivity index (χ0n) is 13.1. The van der Waals surface area contributed by atoms with Crippen molar-refractivity contribution in [2.45, 2.75) is 20.4 Å². The number of thioether (sulfide) groups is 1. The van der Waals surface area contributed by atoms with E-state index in [2.05, 4.69) is 10.3 Å². The topological polar surface area (TPSA) is 51.2 Å². The van der Waals surface area contributed by atoms with Crippen LogP contribution in [0.2, 0.25) is 0 Å². The molecule has 4 nitrogen and oxygen atoms in total. The number of pyridine rings is 1. The van der Waals surface area contributed by atoms with Gasteiger partial charge in [-0.25, -0.2) is 4.98 Å². The largest absolute Gasteiger partial charge is 0.438 e. The summed E-state index contributed by atoms with van der Waals surface area (Å²) < 4.78 is 6.00. The maximum absolute atomic E-state index is 11.6. The predicted molar refractivity (Wildman–Crippen MR) is 90.5 cm³/mol. The number of benzene rings is 1. The zero-order valence-corrected chi connectivity index (χ0v) is 13.9. The van der Waals surface area contributed by atoms with Crippen molar-refractivity contribution < 1.29 is 9.53 Å². The Kier molecular flexibility index (Phi) is 5.83. The molecule has 1 N–H and O–H groups in total. The van der Waals surface area contributed by atoms with Crippen LogP contribution in [0.15, 0.2) is 36.5 Å². The van der Waals surface area contributed by atoms with Gasteiger partial charge in [0.05, 0.1) is 5.75 Å². The minimum Gasteiger partial charge on any atom is -0.438 e.